The van der Waals surface area contributed by atoms with E-state index >= 15 is 0 Å². The maximum Gasteiger partial charge on any atom is 0.0619 e. The Labute approximate surface area is 113 Å². The second-order valence-corrected chi connectivity index (χ2v) is 5.60. The summed E-state index contributed by atoms with van der Waals surface area (Å²) in [5, 5.41) is 4.38. The number of halogens is 1. The summed E-state index contributed by atoms with van der Waals surface area (Å²) in [6, 6.07) is 8.55. The number of aryl methyl sites for hydroxylation is 2. The van der Waals surface area contributed by atoms with Crippen molar-refractivity contribution in [2.45, 2.75) is 24.6 Å². The lowest BCUT2D eigenvalue weighted by Crippen LogP contribution is -2.04. The molecule has 2 aromatic rings. The van der Waals surface area contributed by atoms with Gasteiger partial charge in [-0.3, -0.25) is 4.68 Å². The fraction of sp³-hybridized carbons (Fsp3) is 0.400. The zero-order valence-corrected chi connectivity index (χ0v) is 11.3. The smallest absolute Gasteiger partial charge is 0.0619 e. The first-order valence-electron chi connectivity index (χ1n) is 6.43. The van der Waals surface area contributed by atoms with Crippen molar-refractivity contribution < 1.29 is 0 Å². The summed E-state index contributed by atoms with van der Waals surface area (Å²) in [6.45, 7) is 0. The number of benzene rings is 1. The molecule has 1 aromatic heterocycles. The minimum absolute atomic E-state index is 0.179. The van der Waals surface area contributed by atoms with Crippen LogP contribution in [0.15, 0.2) is 36.7 Å². The Morgan fingerprint density at radius 2 is 2.22 bits per heavy atom. The van der Waals surface area contributed by atoms with Gasteiger partial charge < -0.3 is 0 Å². The molecule has 1 aromatic carbocycles. The van der Waals surface area contributed by atoms with Crippen LogP contribution in [0.1, 0.15) is 28.5 Å². The van der Waals surface area contributed by atoms with Gasteiger partial charge in [-0.1, -0.05) is 24.3 Å². The summed E-state index contributed by atoms with van der Waals surface area (Å²) < 4.78 is 1.86. The van der Waals surface area contributed by atoms with Crippen LogP contribution in [0.4, 0.5) is 0 Å². The third kappa shape index (κ3) is 2.17. The Morgan fingerprint density at radius 3 is 2.94 bits per heavy atom. The highest BCUT2D eigenvalue weighted by molar-refractivity contribution is 6.21. The SMILES string of the molecule is Cn1cc(CCC2Cc3ccccc3C2Cl)cn1. The number of rotatable bonds is 3. The van der Waals surface area contributed by atoms with Gasteiger partial charge in [-0.25, -0.2) is 0 Å². The van der Waals surface area contributed by atoms with E-state index in [1.165, 1.54) is 16.7 Å². The largest absolute Gasteiger partial charge is 0.276 e. The van der Waals surface area contributed by atoms with Gasteiger partial charge in [0, 0.05) is 13.2 Å². The Morgan fingerprint density at radius 1 is 1.39 bits per heavy atom. The van der Waals surface area contributed by atoms with Crippen LogP contribution in [0, 0.1) is 5.92 Å². The summed E-state index contributed by atoms with van der Waals surface area (Å²) in [5.74, 6) is 0.560. The molecule has 0 aliphatic heterocycles. The van der Waals surface area contributed by atoms with Crippen molar-refractivity contribution in [3.8, 4) is 0 Å². The number of aromatic nitrogens is 2. The van der Waals surface area contributed by atoms with Crippen molar-refractivity contribution in [2.24, 2.45) is 13.0 Å². The molecule has 0 fully saturated rings. The summed E-state index contributed by atoms with van der Waals surface area (Å²) in [7, 11) is 1.96. The van der Waals surface area contributed by atoms with E-state index in [1.807, 2.05) is 17.9 Å². The molecule has 18 heavy (non-hydrogen) atoms. The fourth-order valence-electron chi connectivity index (χ4n) is 2.83. The second kappa shape index (κ2) is 4.77. The monoisotopic (exact) mass is 260 g/mol. The minimum Gasteiger partial charge on any atom is -0.276 e. The molecule has 0 amide bonds. The zero-order chi connectivity index (χ0) is 12.5. The standard InChI is InChI=1S/C15H17ClN2/c1-18-10-11(9-17-18)6-7-13-8-12-4-2-3-5-14(12)15(13)16/h2-5,9-10,13,15H,6-8H2,1H3. The number of nitrogens with zero attached hydrogens (tertiary/aromatic N) is 2. The Kier molecular flexibility index (Phi) is 3.13. The molecule has 2 unspecified atom stereocenters. The molecular formula is C15H17ClN2. The lowest BCUT2D eigenvalue weighted by molar-refractivity contribution is 0.501. The molecule has 2 atom stereocenters. The molecule has 0 bridgehead atoms. The van der Waals surface area contributed by atoms with Crippen LogP contribution in [0.2, 0.25) is 0 Å². The predicted octanol–water partition coefficient (Wildman–Crippen LogP) is 3.51. The molecule has 1 aliphatic carbocycles. The molecule has 0 radical (unpaired) electrons. The highest BCUT2D eigenvalue weighted by Gasteiger charge is 2.30. The van der Waals surface area contributed by atoms with E-state index in [9.17, 15) is 0 Å². The Bertz CT molecular complexity index is 547. The first-order valence-corrected chi connectivity index (χ1v) is 6.87. The van der Waals surface area contributed by atoms with Gasteiger partial charge in [0.15, 0.2) is 0 Å². The van der Waals surface area contributed by atoms with Gasteiger partial charge in [0.2, 0.25) is 0 Å². The van der Waals surface area contributed by atoms with Gasteiger partial charge >= 0.3 is 0 Å². The van der Waals surface area contributed by atoms with Crippen molar-refractivity contribution in [1.82, 2.24) is 9.78 Å². The lowest BCUT2D eigenvalue weighted by Gasteiger charge is -2.13. The van der Waals surface area contributed by atoms with E-state index in [0.29, 0.717) is 5.92 Å². The van der Waals surface area contributed by atoms with E-state index in [-0.39, 0.29) is 5.38 Å². The van der Waals surface area contributed by atoms with Crippen LogP contribution in [-0.2, 0) is 19.9 Å². The summed E-state index contributed by atoms with van der Waals surface area (Å²) in [4.78, 5) is 0. The van der Waals surface area contributed by atoms with Gasteiger partial charge in [0.1, 0.15) is 0 Å². The van der Waals surface area contributed by atoms with Gasteiger partial charge in [-0.2, -0.15) is 5.10 Å². The van der Waals surface area contributed by atoms with Crippen molar-refractivity contribution in [1.29, 1.82) is 0 Å². The third-order valence-corrected chi connectivity index (χ3v) is 4.40. The van der Waals surface area contributed by atoms with E-state index in [2.05, 4.69) is 35.6 Å². The number of hydrogen-bond acceptors (Lipinski definition) is 1. The molecule has 0 N–H and O–H groups in total. The first-order chi connectivity index (χ1) is 8.74. The molecular weight excluding hydrogens is 244 g/mol. The van der Waals surface area contributed by atoms with E-state index in [0.717, 1.165) is 19.3 Å². The normalized spacial score (nSPS) is 22.1. The van der Waals surface area contributed by atoms with Crippen LogP contribution in [-0.4, -0.2) is 9.78 Å². The second-order valence-electron chi connectivity index (χ2n) is 5.13. The van der Waals surface area contributed by atoms with Gasteiger partial charge in [-0.15, -0.1) is 11.6 Å². The Hall–Kier alpha value is -1.28. The summed E-state index contributed by atoms with van der Waals surface area (Å²) >= 11 is 6.56. The van der Waals surface area contributed by atoms with Gasteiger partial charge in [-0.05, 0) is 41.9 Å². The van der Waals surface area contributed by atoms with E-state index in [4.69, 9.17) is 11.6 Å². The molecule has 3 heteroatoms. The Balaban J connectivity index is 1.66. The van der Waals surface area contributed by atoms with E-state index < -0.39 is 0 Å². The van der Waals surface area contributed by atoms with Crippen molar-refractivity contribution in [2.75, 3.05) is 0 Å². The molecule has 3 rings (SSSR count). The molecule has 1 aliphatic rings. The van der Waals surface area contributed by atoms with Crippen LogP contribution < -0.4 is 0 Å². The molecule has 0 spiro atoms. The van der Waals surface area contributed by atoms with Gasteiger partial charge in [0.25, 0.3) is 0 Å². The molecule has 0 saturated heterocycles. The molecule has 94 valence electrons. The van der Waals surface area contributed by atoms with Crippen molar-refractivity contribution in [3.05, 3.63) is 53.3 Å². The van der Waals surface area contributed by atoms with Crippen molar-refractivity contribution in [3.63, 3.8) is 0 Å². The number of hydrogen-bond donors (Lipinski definition) is 0. The maximum absolute atomic E-state index is 6.56. The lowest BCUT2D eigenvalue weighted by atomic mass is 9.98. The van der Waals surface area contributed by atoms with E-state index in [1.54, 1.807) is 0 Å². The van der Waals surface area contributed by atoms with Crippen LogP contribution in [0.5, 0.6) is 0 Å². The highest BCUT2D eigenvalue weighted by atomic mass is 35.5. The number of alkyl halides is 1. The van der Waals surface area contributed by atoms with Crippen LogP contribution in [0.3, 0.4) is 0 Å². The maximum atomic E-state index is 6.56. The predicted molar refractivity (Wildman–Crippen MR) is 73.8 cm³/mol. The third-order valence-electron chi connectivity index (χ3n) is 3.81. The minimum atomic E-state index is 0.179. The highest BCUT2D eigenvalue weighted by Crippen LogP contribution is 2.42. The molecule has 2 nitrogen and oxygen atoms in total. The quantitative estimate of drug-likeness (QED) is 0.773. The van der Waals surface area contributed by atoms with Crippen LogP contribution >= 0.6 is 11.6 Å². The average Bonchev–Trinajstić information content (AvgIpc) is 2.92. The summed E-state index contributed by atoms with van der Waals surface area (Å²) in [6.07, 6.45) is 7.35. The van der Waals surface area contributed by atoms with Gasteiger partial charge in [0.05, 0.1) is 11.6 Å². The topological polar surface area (TPSA) is 17.8 Å². The van der Waals surface area contributed by atoms with Crippen molar-refractivity contribution >= 4 is 11.6 Å². The average molecular weight is 261 g/mol. The van der Waals surface area contributed by atoms with Crippen LogP contribution in [0.25, 0.3) is 0 Å². The number of fused-ring (bicyclic) bond motifs is 1. The molecule has 0 saturated carbocycles. The fourth-order valence-corrected chi connectivity index (χ4v) is 3.26. The summed E-state index contributed by atoms with van der Waals surface area (Å²) in [5.41, 5.74) is 4.06. The zero-order valence-electron chi connectivity index (χ0n) is 10.5. The first kappa shape index (κ1) is 11.8. The molecule has 1 heterocycles.